The van der Waals surface area contributed by atoms with Gasteiger partial charge in [0.05, 0.1) is 5.56 Å². The van der Waals surface area contributed by atoms with Crippen LogP contribution in [0.4, 0.5) is 5.82 Å². The molecule has 1 aromatic heterocycles. The highest BCUT2D eigenvalue weighted by atomic mass is 16.1. The maximum atomic E-state index is 11.7. The van der Waals surface area contributed by atoms with Crippen LogP contribution in [-0.4, -0.2) is 16.9 Å². The van der Waals surface area contributed by atoms with Crippen molar-refractivity contribution in [2.75, 3.05) is 5.73 Å². The van der Waals surface area contributed by atoms with Crippen molar-refractivity contribution in [3.63, 3.8) is 0 Å². The van der Waals surface area contributed by atoms with E-state index in [9.17, 15) is 4.79 Å². The first-order valence-corrected chi connectivity index (χ1v) is 5.23. The summed E-state index contributed by atoms with van der Waals surface area (Å²) in [6.07, 6.45) is 3.79. The summed E-state index contributed by atoms with van der Waals surface area (Å²) in [6.45, 7) is 2.13. The second kappa shape index (κ2) is 3.88. The number of nitrogens with two attached hydrogens (primary N) is 1. The number of rotatable bonds is 3. The van der Waals surface area contributed by atoms with E-state index < -0.39 is 0 Å². The molecule has 1 aliphatic rings. The van der Waals surface area contributed by atoms with Crippen molar-refractivity contribution in [2.24, 2.45) is 5.92 Å². The summed E-state index contributed by atoms with van der Waals surface area (Å²) in [7, 11) is 0. The Morgan fingerprint density at radius 3 is 3.13 bits per heavy atom. The van der Waals surface area contributed by atoms with Gasteiger partial charge in [0.2, 0.25) is 0 Å². The standard InChI is InChI=1S/C11H15N3O/c1-2-7-6-9(7)14-11(15)8-4-3-5-13-10(8)12/h3-5,7,9H,2,6H2,1H3,(H2,12,13)(H,14,15). The van der Waals surface area contributed by atoms with E-state index in [0.29, 0.717) is 23.3 Å². The molecule has 2 rings (SSSR count). The van der Waals surface area contributed by atoms with Gasteiger partial charge in [-0.3, -0.25) is 4.79 Å². The fraction of sp³-hybridized carbons (Fsp3) is 0.455. The second-order valence-corrected chi connectivity index (χ2v) is 3.92. The van der Waals surface area contributed by atoms with Crippen LogP contribution in [0.25, 0.3) is 0 Å². The smallest absolute Gasteiger partial charge is 0.255 e. The van der Waals surface area contributed by atoms with Crippen molar-refractivity contribution in [1.29, 1.82) is 0 Å². The lowest BCUT2D eigenvalue weighted by atomic mass is 10.2. The number of anilines is 1. The molecular weight excluding hydrogens is 190 g/mol. The van der Waals surface area contributed by atoms with Gasteiger partial charge in [0.15, 0.2) is 0 Å². The molecule has 0 radical (unpaired) electrons. The molecule has 0 spiro atoms. The molecule has 1 saturated carbocycles. The first-order chi connectivity index (χ1) is 7.22. The number of hydrogen-bond acceptors (Lipinski definition) is 3. The topological polar surface area (TPSA) is 68.0 Å². The van der Waals surface area contributed by atoms with Gasteiger partial charge in [-0.1, -0.05) is 13.3 Å². The lowest BCUT2D eigenvalue weighted by molar-refractivity contribution is 0.0949. The van der Waals surface area contributed by atoms with Crippen LogP contribution in [0.3, 0.4) is 0 Å². The maximum absolute atomic E-state index is 11.7. The molecule has 3 N–H and O–H groups in total. The van der Waals surface area contributed by atoms with E-state index in [-0.39, 0.29) is 5.91 Å². The van der Waals surface area contributed by atoms with Crippen LogP contribution in [0.1, 0.15) is 30.1 Å². The number of pyridine rings is 1. The number of carbonyl (C=O) groups excluding carboxylic acids is 1. The van der Waals surface area contributed by atoms with Gasteiger partial charge < -0.3 is 11.1 Å². The number of amides is 1. The molecule has 0 aromatic carbocycles. The molecule has 0 saturated heterocycles. The number of nitrogens with zero attached hydrogens (tertiary/aromatic N) is 1. The highest BCUT2D eigenvalue weighted by molar-refractivity contribution is 5.98. The molecule has 2 atom stereocenters. The van der Waals surface area contributed by atoms with Crippen LogP contribution in [0.5, 0.6) is 0 Å². The predicted molar refractivity (Wildman–Crippen MR) is 58.3 cm³/mol. The van der Waals surface area contributed by atoms with Crippen LogP contribution in [0, 0.1) is 5.92 Å². The minimum absolute atomic E-state index is 0.110. The molecule has 0 bridgehead atoms. The summed E-state index contributed by atoms with van der Waals surface area (Å²) in [5.74, 6) is 0.831. The van der Waals surface area contributed by atoms with Gasteiger partial charge in [0.25, 0.3) is 5.91 Å². The summed E-state index contributed by atoms with van der Waals surface area (Å²) >= 11 is 0. The largest absolute Gasteiger partial charge is 0.383 e. The Labute approximate surface area is 88.9 Å². The molecule has 1 amide bonds. The average molecular weight is 205 g/mol. The molecule has 1 aliphatic carbocycles. The van der Waals surface area contributed by atoms with Gasteiger partial charge in [-0.15, -0.1) is 0 Å². The lowest BCUT2D eigenvalue weighted by Crippen LogP contribution is -2.27. The number of aromatic nitrogens is 1. The van der Waals surface area contributed by atoms with Crippen molar-refractivity contribution in [2.45, 2.75) is 25.8 Å². The quantitative estimate of drug-likeness (QED) is 0.778. The van der Waals surface area contributed by atoms with E-state index in [0.717, 1.165) is 12.8 Å². The van der Waals surface area contributed by atoms with Crippen LogP contribution in [0.2, 0.25) is 0 Å². The zero-order valence-electron chi connectivity index (χ0n) is 8.73. The number of hydrogen-bond donors (Lipinski definition) is 2. The normalized spacial score (nSPS) is 23.5. The Balaban J connectivity index is 2.00. The van der Waals surface area contributed by atoms with Crippen LogP contribution < -0.4 is 11.1 Å². The van der Waals surface area contributed by atoms with Gasteiger partial charge in [-0.2, -0.15) is 0 Å². The summed E-state index contributed by atoms with van der Waals surface area (Å²) in [5, 5.41) is 2.95. The molecule has 1 fully saturated rings. The lowest BCUT2D eigenvalue weighted by Gasteiger charge is -2.05. The molecule has 4 nitrogen and oxygen atoms in total. The summed E-state index contributed by atoms with van der Waals surface area (Å²) in [4.78, 5) is 15.6. The SMILES string of the molecule is CCC1CC1NC(=O)c1cccnc1N. The van der Waals surface area contributed by atoms with Crippen LogP contribution in [-0.2, 0) is 0 Å². The van der Waals surface area contributed by atoms with Crippen molar-refractivity contribution >= 4 is 11.7 Å². The Morgan fingerprint density at radius 2 is 2.53 bits per heavy atom. The van der Waals surface area contributed by atoms with Gasteiger partial charge in [0.1, 0.15) is 5.82 Å². The van der Waals surface area contributed by atoms with Gasteiger partial charge >= 0.3 is 0 Å². The van der Waals surface area contributed by atoms with E-state index in [4.69, 9.17) is 5.73 Å². The molecule has 1 aromatic rings. The first-order valence-electron chi connectivity index (χ1n) is 5.23. The third-order valence-electron chi connectivity index (χ3n) is 2.85. The number of carbonyl (C=O) groups is 1. The molecular formula is C11H15N3O. The van der Waals surface area contributed by atoms with Crippen LogP contribution >= 0.6 is 0 Å². The predicted octanol–water partition coefficient (Wildman–Crippen LogP) is 1.19. The highest BCUT2D eigenvalue weighted by Crippen LogP contribution is 2.33. The monoisotopic (exact) mass is 205 g/mol. The summed E-state index contributed by atoms with van der Waals surface area (Å²) in [5.41, 5.74) is 6.08. The maximum Gasteiger partial charge on any atom is 0.255 e. The highest BCUT2D eigenvalue weighted by Gasteiger charge is 2.36. The average Bonchev–Trinajstić information content (AvgIpc) is 2.97. The van der Waals surface area contributed by atoms with Crippen molar-refractivity contribution in [3.05, 3.63) is 23.9 Å². The molecule has 2 unspecified atom stereocenters. The Bertz CT molecular complexity index is 378. The Morgan fingerprint density at radius 1 is 1.73 bits per heavy atom. The second-order valence-electron chi connectivity index (χ2n) is 3.92. The van der Waals surface area contributed by atoms with E-state index in [1.807, 2.05) is 0 Å². The van der Waals surface area contributed by atoms with E-state index in [2.05, 4.69) is 17.2 Å². The molecule has 80 valence electrons. The number of nitrogens with one attached hydrogen (secondary N) is 1. The first kappa shape index (κ1) is 9.96. The number of nitrogen functional groups attached to an aromatic ring is 1. The van der Waals surface area contributed by atoms with E-state index >= 15 is 0 Å². The third kappa shape index (κ3) is 2.09. The van der Waals surface area contributed by atoms with Crippen molar-refractivity contribution in [3.8, 4) is 0 Å². The van der Waals surface area contributed by atoms with Gasteiger partial charge in [-0.05, 0) is 24.5 Å². The zero-order chi connectivity index (χ0) is 10.8. The van der Waals surface area contributed by atoms with Crippen LogP contribution in [0.15, 0.2) is 18.3 Å². The van der Waals surface area contributed by atoms with Gasteiger partial charge in [0, 0.05) is 12.2 Å². The molecule has 4 heteroatoms. The Kier molecular flexibility index (Phi) is 2.58. The Hall–Kier alpha value is -1.58. The fourth-order valence-electron chi connectivity index (χ4n) is 1.73. The van der Waals surface area contributed by atoms with E-state index in [1.165, 1.54) is 0 Å². The zero-order valence-corrected chi connectivity index (χ0v) is 8.73. The van der Waals surface area contributed by atoms with Crippen molar-refractivity contribution < 1.29 is 4.79 Å². The minimum atomic E-state index is -0.110. The third-order valence-corrected chi connectivity index (χ3v) is 2.85. The van der Waals surface area contributed by atoms with E-state index in [1.54, 1.807) is 18.3 Å². The molecule has 15 heavy (non-hydrogen) atoms. The molecule has 1 heterocycles. The molecule has 0 aliphatic heterocycles. The fourth-order valence-corrected chi connectivity index (χ4v) is 1.73. The summed E-state index contributed by atoms with van der Waals surface area (Å²) in [6, 6.07) is 3.75. The van der Waals surface area contributed by atoms with Crippen molar-refractivity contribution in [1.82, 2.24) is 10.3 Å². The minimum Gasteiger partial charge on any atom is -0.383 e. The van der Waals surface area contributed by atoms with Gasteiger partial charge in [-0.25, -0.2) is 4.98 Å². The summed E-state index contributed by atoms with van der Waals surface area (Å²) < 4.78 is 0.